The van der Waals surface area contributed by atoms with Gasteiger partial charge < -0.3 is 15.5 Å². The second-order valence-electron chi connectivity index (χ2n) is 3.88. The van der Waals surface area contributed by atoms with E-state index in [9.17, 15) is 5.11 Å². The molecular weight excluding hydrogens is 154 g/mol. The number of β-amino-alcohol motifs (C(OH)–C–C–N with tert-alkyl or cyclic N) is 1. The van der Waals surface area contributed by atoms with Crippen molar-refractivity contribution in [3.8, 4) is 0 Å². The first kappa shape index (κ1) is 9.96. The van der Waals surface area contributed by atoms with Gasteiger partial charge in [0, 0.05) is 12.1 Å². The van der Waals surface area contributed by atoms with E-state index in [4.69, 9.17) is 5.11 Å². The van der Waals surface area contributed by atoms with E-state index in [-0.39, 0.29) is 18.2 Å². The van der Waals surface area contributed by atoms with Gasteiger partial charge in [0.25, 0.3) is 0 Å². The molecule has 1 atom stereocenters. The van der Waals surface area contributed by atoms with Crippen molar-refractivity contribution in [2.45, 2.75) is 44.2 Å². The molecule has 72 valence electrons. The molecule has 12 heavy (non-hydrogen) atoms. The maximum Gasteiger partial charge on any atom is 0.0636 e. The van der Waals surface area contributed by atoms with Crippen LogP contribution in [-0.4, -0.2) is 35.0 Å². The fraction of sp³-hybridized carbons (Fsp3) is 1.00. The number of aliphatic hydroxyl groups excluding tert-OH is 2. The van der Waals surface area contributed by atoms with Crippen molar-refractivity contribution < 1.29 is 10.2 Å². The summed E-state index contributed by atoms with van der Waals surface area (Å²) in [4.78, 5) is 0. The summed E-state index contributed by atoms with van der Waals surface area (Å²) in [6.45, 7) is 2.54. The molecule has 0 aromatic heterocycles. The Morgan fingerprint density at radius 1 is 1.42 bits per heavy atom. The lowest BCUT2D eigenvalue weighted by Crippen LogP contribution is -2.48. The minimum absolute atomic E-state index is 0.0863. The third-order valence-corrected chi connectivity index (χ3v) is 2.64. The summed E-state index contributed by atoms with van der Waals surface area (Å²) in [5.41, 5.74) is -0.0863. The van der Waals surface area contributed by atoms with E-state index >= 15 is 0 Å². The molecule has 3 N–H and O–H groups in total. The second kappa shape index (κ2) is 4.21. The van der Waals surface area contributed by atoms with Crippen LogP contribution < -0.4 is 5.32 Å². The van der Waals surface area contributed by atoms with E-state index in [2.05, 4.69) is 5.32 Å². The minimum atomic E-state index is -0.325. The van der Waals surface area contributed by atoms with Crippen LogP contribution in [0, 0.1) is 0 Å². The van der Waals surface area contributed by atoms with E-state index in [1.165, 1.54) is 12.8 Å². The lowest BCUT2D eigenvalue weighted by atomic mass is 9.99. The summed E-state index contributed by atoms with van der Waals surface area (Å²) >= 11 is 0. The SMILES string of the molecule is C[C@@H](O)CNC1(CO)CCCC1. The Morgan fingerprint density at radius 3 is 2.42 bits per heavy atom. The third-order valence-electron chi connectivity index (χ3n) is 2.64. The van der Waals surface area contributed by atoms with Crippen molar-refractivity contribution in [3.63, 3.8) is 0 Å². The van der Waals surface area contributed by atoms with Crippen molar-refractivity contribution in [3.05, 3.63) is 0 Å². The highest BCUT2D eigenvalue weighted by molar-refractivity contribution is 4.92. The maximum absolute atomic E-state index is 9.19. The molecule has 0 bridgehead atoms. The van der Waals surface area contributed by atoms with Gasteiger partial charge >= 0.3 is 0 Å². The highest BCUT2D eigenvalue weighted by Gasteiger charge is 2.32. The van der Waals surface area contributed by atoms with E-state index < -0.39 is 0 Å². The Bertz CT molecular complexity index is 130. The molecule has 0 unspecified atom stereocenters. The van der Waals surface area contributed by atoms with Gasteiger partial charge in [-0.1, -0.05) is 12.8 Å². The Kier molecular flexibility index (Phi) is 3.50. The van der Waals surface area contributed by atoms with Gasteiger partial charge in [0.05, 0.1) is 12.7 Å². The smallest absolute Gasteiger partial charge is 0.0636 e. The Balaban J connectivity index is 2.34. The van der Waals surface area contributed by atoms with Crippen LogP contribution in [0.4, 0.5) is 0 Å². The van der Waals surface area contributed by atoms with Crippen molar-refractivity contribution >= 4 is 0 Å². The van der Waals surface area contributed by atoms with Crippen LogP contribution in [0.3, 0.4) is 0 Å². The summed E-state index contributed by atoms with van der Waals surface area (Å²) < 4.78 is 0. The molecule has 3 nitrogen and oxygen atoms in total. The summed E-state index contributed by atoms with van der Waals surface area (Å²) in [7, 11) is 0. The fourth-order valence-electron chi connectivity index (χ4n) is 1.81. The summed E-state index contributed by atoms with van der Waals surface area (Å²) in [5.74, 6) is 0. The molecule has 0 saturated heterocycles. The van der Waals surface area contributed by atoms with Gasteiger partial charge in [-0.15, -0.1) is 0 Å². The van der Waals surface area contributed by atoms with E-state index in [0.29, 0.717) is 6.54 Å². The molecule has 0 heterocycles. The average Bonchev–Trinajstić information content (AvgIpc) is 2.50. The Hall–Kier alpha value is -0.120. The van der Waals surface area contributed by atoms with Gasteiger partial charge in [-0.2, -0.15) is 0 Å². The van der Waals surface area contributed by atoms with Crippen molar-refractivity contribution in [1.29, 1.82) is 0 Å². The summed E-state index contributed by atoms with van der Waals surface area (Å²) in [6, 6.07) is 0. The number of hydrogen-bond acceptors (Lipinski definition) is 3. The minimum Gasteiger partial charge on any atom is -0.394 e. The van der Waals surface area contributed by atoms with E-state index in [1.54, 1.807) is 6.92 Å². The molecule has 1 aliphatic rings. The summed E-state index contributed by atoms with van der Waals surface area (Å²) in [5, 5.41) is 21.5. The molecular formula is C9H19NO2. The fourth-order valence-corrected chi connectivity index (χ4v) is 1.81. The number of hydrogen-bond donors (Lipinski definition) is 3. The second-order valence-corrected chi connectivity index (χ2v) is 3.88. The zero-order valence-electron chi connectivity index (χ0n) is 7.71. The number of rotatable bonds is 4. The highest BCUT2D eigenvalue weighted by Crippen LogP contribution is 2.28. The number of aliphatic hydroxyl groups is 2. The molecule has 1 aliphatic carbocycles. The maximum atomic E-state index is 9.19. The number of nitrogens with one attached hydrogen (secondary N) is 1. The highest BCUT2D eigenvalue weighted by atomic mass is 16.3. The molecule has 1 fully saturated rings. The zero-order chi connectivity index (χ0) is 9.03. The largest absolute Gasteiger partial charge is 0.394 e. The molecule has 0 aliphatic heterocycles. The van der Waals surface area contributed by atoms with Crippen LogP contribution >= 0.6 is 0 Å². The Labute approximate surface area is 73.8 Å². The zero-order valence-corrected chi connectivity index (χ0v) is 7.71. The predicted molar refractivity (Wildman–Crippen MR) is 48.0 cm³/mol. The normalized spacial score (nSPS) is 24.2. The molecule has 3 heteroatoms. The molecule has 0 amide bonds. The van der Waals surface area contributed by atoms with Gasteiger partial charge in [-0.25, -0.2) is 0 Å². The monoisotopic (exact) mass is 173 g/mol. The first-order valence-corrected chi connectivity index (χ1v) is 4.72. The first-order valence-electron chi connectivity index (χ1n) is 4.72. The molecule has 0 aromatic carbocycles. The molecule has 1 saturated carbocycles. The quantitative estimate of drug-likeness (QED) is 0.571. The standard InChI is InChI=1S/C9H19NO2/c1-8(12)6-10-9(7-11)4-2-3-5-9/h8,10-12H,2-7H2,1H3/t8-/m1/s1. The van der Waals surface area contributed by atoms with Crippen molar-refractivity contribution in [2.24, 2.45) is 0 Å². The third kappa shape index (κ3) is 2.44. The summed E-state index contributed by atoms with van der Waals surface area (Å²) in [6.07, 6.45) is 4.13. The van der Waals surface area contributed by atoms with Crippen LogP contribution in [0.5, 0.6) is 0 Å². The van der Waals surface area contributed by atoms with E-state index in [0.717, 1.165) is 12.8 Å². The molecule has 0 aromatic rings. The van der Waals surface area contributed by atoms with Crippen LogP contribution in [0.1, 0.15) is 32.6 Å². The molecule has 1 rings (SSSR count). The van der Waals surface area contributed by atoms with Crippen LogP contribution in [0.2, 0.25) is 0 Å². The first-order chi connectivity index (χ1) is 5.68. The lowest BCUT2D eigenvalue weighted by Gasteiger charge is -2.28. The van der Waals surface area contributed by atoms with Gasteiger partial charge in [0.2, 0.25) is 0 Å². The lowest BCUT2D eigenvalue weighted by molar-refractivity contribution is 0.130. The van der Waals surface area contributed by atoms with Crippen LogP contribution in [-0.2, 0) is 0 Å². The predicted octanol–water partition coefficient (Wildman–Crippen LogP) is 0.262. The van der Waals surface area contributed by atoms with Gasteiger partial charge in [-0.3, -0.25) is 0 Å². The van der Waals surface area contributed by atoms with Gasteiger partial charge in [0.1, 0.15) is 0 Å². The van der Waals surface area contributed by atoms with Crippen LogP contribution in [0.15, 0.2) is 0 Å². The molecule has 0 spiro atoms. The van der Waals surface area contributed by atoms with Crippen molar-refractivity contribution in [2.75, 3.05) is 13.2 Å². The van der Waals surface area contributed by atoms with Crippen molar-refractivity contribution in [1.82, 2.24) is 5.32 Å². The average molecular weight is 173 g/mol. The van der Waals surface area contributed by atoms with Gasteiger partial charge in [0.15, 0.2) is 0 Å². The van der Waals surface area contributed by atoms with E-state index in [1.807, 2.05) is 0 Å². The van der Waals surface area contributed by atoms with Crippen LogP contribution in [0.25, 0.3) is 0 Å². The Morgan fingerprint density at radius 2 is 2.00 bits per heavy atom. The topological polar surface area (TPSA) is 52.5 Å². The molecule has 0 radical (unpaired) electrons. The van der Waals surface area contributed by atoms with Gasteiger partial charge in [-0.05, 0) is 19.8 Å².